The van der Waals surface area contributed by atoms with Gasteiger partial charge in [0.05, 0.1) is 11.8 Å². The van der Waals surface area contributed by atoms with Crippen molar-refractivity contribution in [3.63, 3.8) is 0 Å². The van der Waals surface area contributed by atoms with Gasteiger partial charge in [-0.15, -0.1) is 0 Å². The molecular formula is C16H27N5O2. The van der Waals surface area contributed by atoms with Crippen LogP contribution in [0.25, 0.3) is 0 Å². The Morgan fingerprint density at radius 2 is 2.22 bits per heavy atom. The summed E-state index contributed by atoms with van der Waals surface area (Å²) in [7, 11) is 1.85. The molecule has 3 heterocycles. The van der Waals surface area contributed by atoms with E-state index in [4.69, 9.17) is 9.26 Å². The van der Waals surface area contributed by atoms with Crippen LogP contribution in [0, 0.1) is 0 Å². The Balaban J connectivity index is 1.41. The molecule has 0 saturated carbocycles. The van der Waals surface area contributed by atoms with Crippen LogP contribution in [0.4, 0.5) is 0 Å². The molecule has 0 aromatic carbocycles. The lowest BCUT2D eigenvalue weighted by molar-refractivity contribution is 0.0189. The van der Waals surface area contributed by atoms with Crippen molar-refractivity contribution >= 4 is 5.96 Å². The van der Waals surface area contributed by atoms with Gasteiger partial charge in [-0.25, -0.2) is 0 Å². The standard InChI is InChI=1S/C16H27N5O2/c1-17-16(18-12-15-4-2-3-10-22-15)21-8-6-20(7-9-21)13-14-5-11-23-19-14/h5,11,15H,2-4,6-10,12-13H2,1H3,(H,17,18). The van der Waals surface area contributed by atoms with Gasteiger partial charge in [0.1, 0.15) is 6.26 Å². The minimum Gasteiger partial charge on any atom is -0.376 e. The largest absolute Gasteiger partial charge is 0.376 e. The SMILES string of the molecule is CN=C(NCC1CCCCO1)N1CCN(Cc2ccon2)CC1. The van der Waals surface area contributed by atoms with E-state index in [1.54, 1.807) is 6.26 Å². The third-order valence-corrected chi connectivity index (χ3v) is 4.52. The van der Waals surface area contributed by atoms with Gasteiger partial charge in [0, 0.05) is 59.0 Å². The van der Waals surface area contributed by atoms with Crippen LogP contribution in [-0.2, 0) is 11.3 Å². The third kappa shape index (κ3) is 4.68. The highest BCUT2D eigenvalue weighted by molar-refractivity contribution is 5.80. The fourth-order valence-corrected chi connectivity index (χ4v) is 3.17. The van der Waals surface area contributed by atoms with Crippen molar-refractivity contribution in [1.29, 1.82) is 0 Å². The van der Waals surface area contributed by atoms with Crippen molar-refractivity contribution in [2.75, 3.05) is 46.4 Å². The number of aromatic nitrogens is 1. The Hall–Kier alpha value is -1.60. The zero-order valence-electron chi connectivity index (χ0n) is 13.9. The van der Waals surface area contributed by atoms with E-state index in [9.17, 15) is 0 Å². The first-order valence-corrected chi connectivity index (χ1v) is 8.54. The Morgan fingerprint density at radius 1 is 1.35 bits per heavy atom. The monoisotopic (exact) mass is 321 g/mol. The second kappa shape index (κ2) is 8.31. The molecule has 1 aromatic heterocycles. The van der Waals surface area contributed by atoms with Gasteiger partial charge < -0.3 is 19.5 Å². The highest BCUT2D eigenvalue weighted by atomic mass is 16.5. The van der Waals surface area contributed by atoms with E-state index < -0.39 is 0 Å². The first-order chi connectivity index (χ1) is 11.3. The predicted octanol–water partition coefficient (Wildman–Crippen LogP) is 0.937. The third-order valence-electron chi connectivity index (χ3n) is 4.52. The van der Waals surface area contributed by atoms with Gasteiger partial charge in [-0.2, -0.15) is 0 Å². The summed E-state index contributed by atoms with van der Waals surface area (Å²) >= 11 is 0. The highest BCUT2D eigenvalue weighted by Crippen LogP contribution is 2.12. The Morgan fingerprint density at radius 3 is 2.87 bits per heavy atom. The summed E-state index contributed by atoms with van der Waals surface area (Å²) in [6.45, 7) is 6.57. The fourth-order valence-electron chi connectivity index (χ4n) is 3.17. The lowest BCUT2D eigenvalue weighted by Crippen LogP contribution is -2.53. The van der Waals surface area contributed by atoms with Crippen LogP contribution in [-0.4, -0.2) is 73.4 Å². The molecule has 0 bridgehead atoms. The average Bonchev–Trinajstić information content (AvgIpc) is 3.11. The number of piperazine rings is 1. The van der Waals surface area contributed by atoms with Crippen molar-refractivity contribution in [2.24, 2.45) is 4.99 Å². The molecule has 2 aliphatic rings. The lowest BCUT2D eigenvalue weighted by Gasteiger charge is -2.36. The van der Waals surface area contributed by atoms with Crippen LogP contribution >= 0.6 is 0 Å². The molecule has 1 atom stereocenters. The maximum absolute atomic E-state index is 5.78. The molecule has 2 fully saturated rings. The van der Waals surface area contributed by atoms with E-state index in [0.29, 0.717) is 6.10 Å². The van der Waals surface area contributed by atoms with E-state index in [1.807, 2.05) is 13.1 Å². The van der Waals surface area contributed by atoms with Crippen LogP contribution in [0.3, 0.4) is 0 Å². The summed E-state index contributed by atoms with van der Waals surface area (Å²) in [6.07, 6.45) is 5.57. The van der Waals surface area contributed by atoms with Crippen LogP contribution < -0.4 is 5.32 Å². The molecule has 0 amide bonds. The van der Waals surface area contributed by atoms with Crippen LogP contribution in [0.15, 0.2) is 21.8 Å². The van der Waals surface area contributed by atoms with Crippen LogP contribution in [0.1, 0.15) is 25.0 Å². The Bertz CT molecular complexity index is 477. The summed E-state index contributed by atoms with van der Waals surface area (Å²) in [5.41, 5.74) is 0.996. The van der Waals surface area contributed by atoms with Gasteiger partial charge in [0.2, 0.25) is 0 Å². The molecule has 2 aliphatic heterocycles. The van der Waals surface area contributed by atoms with Gasteiger partial charge in [0.25, 0.3) is 0 Å². The molecule has 128 valence electrons. The number of nitrogens with one attached hydrogen (secondary N) is 1. The van der Waals surface area contributed by atoms with E-state index in [-0.39, 0.29) is 0 Å². The zero-order chi connectivity index (χ0) is 15.9. The normalized spacial score (nSPS) is 24.0. The topological polar surface area (TPSA) is 66.1 Å². The number of nitrogens with zero attached hydrogens (tertiary/aromatic N) is 4. The molecule has 2 saturated heterocycles. The number of ether oxygens (including phenoxy) is 1. The summed E-state index contributed by atoms with van der Waals surface area (Å²) in [4.78, 5) is 9.14. The number of hydrogen-bond donors (Lipinski definition) is 1. The molecule has 0 radical (unpaired) electrons. The van der Waals surface area contributed by atoms with E-state index >= 15 is 0 Å². The van der Waals surface area contributed by atoms with Gasteiger partial charge in [-0.05, 0) is 19.3 Å². The molecule has 0 spiro atoms. The molecule has 23 heavy (non-hydrogen) atoms. The second-order valence-electron chi connectivity index (χ2n) is 6.17. The molecule has 0 aliphatic carbocycles. The van der Waals surface area contributed by atoms with Gasteiger partial charge >= 0.3 is 0 Å². The number of aliphatic imine (C=N–C) groups is 1. The van der Waals surface area contributed by atoms with E-state index in [2.05, 4.69) is 25.3 Å². The Kier molecular flexibility index (Phi) is 5.87. The summed E-state index contributed by atoms with van der Waals surface area (Å²) < 4.78 is 10.7. The number of hydrogen-bond acceptors (Lipinski definition) is 5. The van der Waals surface area contributed by atoms with Crippen LogP contribution in [0.2, 0.25) is 0 Å². The summed E-state index contributed by atoms with van der Waals surface area (Å²) in [5.74, 6) is 0.986. The molecule has 1 unspecified atom stereocenters. The molecule has 1 aromatic rings. The number of rotatable bonds is 4. The smallest absolute Gasteiger partial charge is 0.193 e. The van der Waals surface area contributed by atoms with Crippen molar-refractivity contribution < 1.29 is 9.26 Å². The summed E-state index contributed by atoms with van der Waals surface area (Å²) in [5, 5.41) is 7.46. The summed E-state index contributed by atoms with van der Waals surface area (Å²) in [6, 6.07) is 1.93. The van der Waals surface area contributed by atoms with E-state index in [1.165, 1.54) is 12.8 Å². The molecule has 3 rings (SSSR count). The zero-order valence-corrected chi connectivity index (χ0v) is 13.9. The van der Waals surface area contributed by atoms with Gasteiger partial charge in [-0.1, -0.05) is 5.16 Å². The van der Waals surface area contributed by atoms with Crippen LogP contribution in [0.5, 0.6) is 0 Å². The molecule has 1 N–H and O–H groups in total. The predicted molar refractivity (Wildman–Crippen MR) is 88.3 cm³/mol. The minimum atomic E-state index is 0.328. The number of guanidine groups is 1. The Labute approximate surface area is 137 Å². The quantitative estimate of drug-likeness (QED) is 0.657. The maximum Gasteiger partial charge on any atom is 0.193 e. The first kappa shape index (κ1) is 16.3. The van der Waals surface area contributed by atoms with Crippen molar-refractivity contribution in [2.45, 2.75) is 31.9 Å². The lowest BCUT2D eigenvalue weighted by atomic mass is 10.1. The van der Waals surface area contributed by atoms with Gasteiger partial charge in [-0.3, -0.25) is 9.89 Å². The second-order valence-corrected chi connectivity index (χ2v) is 6.17. The molecular weight excluding hydrogens is 294 g/mol. The van der Waals surface area contributed by atoms with E-state index in [0.717, 1.165) is 63.9 Å². The first-order valence-electron chi connectivity index (χ1n) is 8.54. The minimum absolute atomic E-state index is 0.328. The fraction of sp³-hybridized carbons (Fsp3) is 0.750. The highest BCUT2D eigenvalue weighted by Gasteiger charge is 2.21. The average molecular weight is 321 g/mol. The maximum atomic E-state index is 5.78. The van der Waals surface area contributed by atoms with Crippen molar-refractivity contribution in [3.05, 3.63) is 18.0 Å². The van der Waals surface area contributed by atoms with Crippen molar-refractivity contribution in [1.82, 2.24) is 20.3 Å². The van der Waals surface area contributed by atoms with Crippen molar-refractivity contribution in [3.8, 4) is 0 Å². The van der Waals surface area contributed by atoms with Gasteiger partial charge in [0.15, 0.2) is 5.96 Å². The molecule has 7 heteroatoms. The molecule has 7 nitrogen and oxygen atoms in total.